The molecular formula is C10H14FN2O2PS2. The predicted octanol–water partition coefficient (Wildman–Crippen LogP) is 2.78. The summed E-state index contributed by atoms with van der Waals surface area (Å²) in [5, 5.41) is 0.845. The van der Waals surface area contributed by atoms with Crippen LogP contribution in [0.1, 0.15) is 0 Å². The molecule has 0 N–H and O–H groups in total. The van der Waals surface area contributed by atoms with E-state index in [2.05, 4.69) is 0 Å². The fourth-order valence-corrected chi connectivity index (χ4v) is 4.82. The minimum absolute atomic E-state index is 0.845. The highest BCUT2D eigenvalue weighted by Crippen LogP contribution is 2.52. The molecule has 0 bridgehead atoms. The molecule has 0 aromatic heterocycles. The number of nitrogens with zero attached hydrogens (tertiary/aromatic N) is 2. The lowest BCUT2D eigenvalue weighted by atomic mass is 10.4. The summed E-state index contributed by atoms with van der Waals surface area (Å²) in [6.45, 7) is 0. The maximum Gasteiger partial charge on any atom is 0.410 e. The van der Waals surface area contributed by atoms with Gasteiger partial charge in [-0.25, -0.2) is 9.10 Å². The zero-order chi connectivity index (χ0) is 13.8. The van der Waals surface area contributed by atoms with E-state index in [0.29, 0.717) is 0 Å². The Morgan fingerprint density at radius 1 is 1.39 bits per heavy atom. The number of benzene rings is 1. The monoisotopic (exact) mass is 308 g/mol. The Kier molecular flexibility index (Phi) is 5.75. The van der Waals surface area contributed by atoms with Gasteiger partial charge in [-0.3, -0.25) is 0 Å². The molecule has 0 heterocycles. The van der Waals surface area contributed by atoms with Crippen molar-refractivity contribution in [2.75, 3.05) is 21.2 Å². The number of carbonyl (C=O) groups excluding carboxylic acids is 1. The first-order valence-electron chi connectivity index (χ1n) is 4.98. The fourth-order valence-electron chi connectivity index (χ4n) is 1.26. The first kappa shape index (κ1) is 15.6. The van der Waals surface area contributed by atoms with Crippen LogP contribution in [0.2, 0.25) is 0 Å². The Hall–Kier alpha value is -0.460. The molecule has 0 radical (unpaired) electrons. The Morgan fingerprint density at radius 2 is 1.94 bits per heavy atom. The normalized spacial score (nSPS) is 14.3. The van der Waals surface area contributed by atoms with Crippen molar-refractivity contribution in [3.63, 3.8) is 0 Å². The van der Waals surface area contributed by atoms with Crippen molar-refractivity contribution < 1.29 is 13.7 Å². The molecule has 0 fully saturated rings. The molecule has 1 amide bonds. The van der Waals surface area contributed by atoms with Crippen molar-refractivity contribution in [2.45, 2.75) is 0 Å². The summed E-state index contributed by atoms with van der Waals surface area (Å²) in [6.07, 6.45) is -4.00. The maximum atomic E-state index is 12.5. The van der Waals surface area contributed by atoms with Gasteiger partial charge in [0, 0.05) is 26.5 Å². The number of amides is 1. The van der Waals surface area contributed by atoms with Crippen LogP contribution in [0.15, 0.2) is 30.3 Å². The van der Waals surface area contributed by atoms with E-state index in [1.165, 1.54) is 14.2 Å². The van der Waals surface area contributed by atoms with Gasteiger partial charge < -0.3 is 4.52 Å². The lowest BCUT2D eigenvalue weighted by molar-refractivity contribution is 0.209. The molecule has 8 heteroatoms. The smallest absolute Gasteiger partial charge is 0.337 e. The van der Waals surface area contributed by atoms with Gasteiger partial charge in [-0.15, -0.1) is 4.39 Å². The largest absolute Gasteiger partial charge is 0.410 e. The SMILES string of the molecule is COP(=S)(c1ccccc1)N(C)SN(C)C(=O)F. The van der Waals surface area contributed by atoms with Gasteiger partial charge >= 0.3 is 6.16 Å². The molecule has 100 valence electrons. The molecule has 0 spiro atoms. The Balaban J connectivity index is 2.95. The topological polar surface area (TPSA) is 32.8 Å². The van der Waals surface area contributed by atoms with Gasteiger partial charge in [0.05, 0.1) is 12.1 Å². The quantitative estimate of drug-likeness (QED) is 0.361. The summed E-state index contributed by atoms with van der Waals surface area (Å²) in [6, 6.07) is 9.32. The number of halogens is 1. The first-order valence-corrected chi connectivity index (χ1v) is 8.39. The van der Waals surface area contributed by atoms with Crippen molar-refractivity contribution in [1.29, 1.82) is 0 Å². The van der Waals surface area contributed by atoms with E-state index in [9.17, 15) is 9.18 Å². The molecule has 0 saturated carbocycles. The number of rotatable bonds is 5. The average Bonchev–Trinajstić information content (AvgIpc) is 2.38. The molecule has 4 nitrogen and oxygen atoms in total. The second-order valence-electron chi connectivity index (χ2n) is 3.33. The van der Waals surface area contributed by atoms with Crippen LogP contribution in [0.5, 0.6) is 0 Å². The summed E-state index contributed by atoms with van der Waals surface area (Å²) < 4.78 is 20.4. The van der Waals surface area contributed by atoms with Gasteiger partial charge in [0.2, 0.25) is 0 Å². The third-order valence-electron chi connectivity index (χ3n) is 2.19. The fraction of sp³-hybridized carbons (Fsp3) is 0.300. The molecule has 1 rings (SSSR count). The summed E-state index contributed by atoms with van der Waals surface area (Å²) in [4.78, 5) is 10.6. The number of carbonyl (C=O) groups is 1. The molecule has 1 aromatic carbocycles. The third-order valence-corrected chi connectivity index (χ3v) is 8.03. The van der Waals surface area contributed by atoms with Gasteiger partial charge in [0.25, 0.3) is 0 Å². The molecule has 1 aromatic rings. The van der Waals surface area contributed by atoms with Crippen molar-refractivity contribution in [3.05, 3.63) is 30.3 Å². The second kappa shape index (κ2) is 6.63. The van der Waals surface area contributed by atoms with Gasteiger partial charge in [-0.05, 0) is 11.8 Å². The number of hydrogen-bond acceptors (Lipinski definition) is 4. The molecule has 1 atom stereocenters. The lowest BCUT2D eigenvalue weighted by Gasteiger charge is -2.30. The standard InChI is InChI=1S/C10H14FN2O2PS2/c1-12(10(11)14)18-13(2)16(17,15-3)9-7-5-4-6-8-9/h4-8H,1-3H3. The van der Waals surface area contributed by atoms with E-state index >= 15 is 0 Å². The lowest BCUT2D eigenvalue weighted by Crippen LogP contribution is -2.24. The highest BCUT2D eigenvalue weighted by Gasteiger charge is 2.27. The molecule has 0 saturated heterocycles. The molecule has 0 aliphatic rings. The van der Waals surface area contributed by atoms with Gasteiger partial charge in [0.15, 0.2) is 6.42 Å². The predicted molar refractivity (Wildman–Crippen MR) is 77.0 cm³/mol. The highest BCUT2D eigenvalue weighted by atomic mass is 32.5. The van der Waals surface area contributed by atoms with Crippen LogP contribution in [0, 0.1) is 0 Å². The van der Waals surface area contributed by atoms with Crippen molar-refractivity contribution in [1.82, 2.24) is 8.38 Å². The zero-order valence-electron chi connectivity index (χ0n) is 10.2. The van der Waals surface area contributed by atoms with Crippen LogP contribution >= 0.6 is 18.5 Å². The molecule has 0 aliphatic heterocycles. The summed E-state index contributed by atoms with van der Waals surface area (Å²) >= 11 is 6.43. The molecular weight excluding hydrogens is 294 g/mol. The van der Waals surface area contributed by atoms with Crippen LogP contribution in [0.25, 0.3) is 0 Å². The van der Waals surface area contributed by atoms with Gasteiger partial charge in [0.1, 0.15) is 0 Å². The summed E-state index contributed by atoms with van der Waals surface area (Å²) in [5.41, 5.74) is 0. The minimum atomic E-state index is -2.47. The Labute approximate surface area is 116 Å². The van der Waals surface area contributed by atoms with E-state index in [0.717, 1.165) is 21.7 Å². The van der Waals surface area contributed by atoms with Crippen molar-refractivity contribution >= 4 is 41.8 Å². The van der Waals surface area contributed by atoms with Crippen LogP contribution in [-0.2, 0) is 16.3 Å². The van der Waals surface area contributed by atoms with E-state index in [-0.39, 0.29) is 0 Å². The number of hydrogen-bond donors (Lipinski definition) is 0. The first-order chi connectivity index (χ1) is 8.41. The van der Waals surface area contributed by atoms with Gasteiger partial charge in [-0.1, -0.05) is 30.3 Å². The molecule has 18 heavy (non-hydrogen) atoms. The van der Waals surface area contributed by atoms with Gasteiger partial charge in [-0.2, -0.15) is 4.08 Å². The Morgan fingerprint density at radius 3 is 2.39 bits per heavy atom. The van der Waals surface area contributed by atoms with E-state index < -0.39 is 12.6 Å². The third kappa shape index (κ3) is 3.52. The summed E-state index contributed by atoms with van der Waals surface area (Å²) in [5.74, 6) is 0. The summed E-state index contributed by atoms with van der Waals surface area (Å²) in [7, 11) is 4.54. The van der Waals surface area contributed by atoms with Crippen molar-refractivity contribution in [2.24, 2.45) is 0 Å². The molecule has 0 aliphatic carbocycles. The van der Waals surface area contributed by atoms with Crippen LogP contribution < -0.4 is 5.30 Å². The minimum Gasteiger partial charge on any atom is -0.337 e. The average molecular weight is 308 g/mol. The van der Waals surface area contributed by atoms with Crippen LogP contribution in [-0.4, -0.2) is 35.7 Å². The van der Waals surface area contributed by atoms with Crippen molar-refractivity contribution in [3.8, 4) is 0 Å². The Bertz CT molecular complexity index is 460. The van der Waals surface area contributed by atoms with E-state index in [1.54, 1.807) is 11.1 Å². The second-order valence-corrected chi connectivity index (χ2v) is 8.87. The highest BCUT2D eigenvalue weighted by molar-refractivity contribution is 8.19. The van der Waals surface area contributed by atoms with E-state index in [4.69, 9.17) is 16.3 Å². The van der Waals surface area contributed by atoms with Crippen LogP contribution in [0.3, 0.4) is 0 Å². The van der Waals surface area contributed by atoms with E-state index in [1.807, 2.05) is 30.3 Å². The maximum absolute atomic E-state index is 12.5. The van der Waals surface area contributed by atoms with Crippen LogP contribution in [0.4, 0.5) is 9.18 Å². The zero-order valence-corrected chi connectivity index (χ0v) is 12.8. The molecule has 1 unspecified atom stereocenters.